The Morgan fingerprint density at radius 3 is 2.59 bits per heavy atom. The van der Waals surface area contributed by atoms with Gasteiger partial charge in [-0.3, -0.25) is 4.90 Å². The Hall–Kier alpha value is -2.61. The lowest BCUT2D eigenvalue weighted by Crippen LogP contribution is -2.45. The molecular formula is C21H30F2N6. The fourth-order valence-electron chi connectivity index (χ4n) is 3.34. The molecule has 0 saturated carbocycles. The largest absolute Gasteiger partial charge is 0.367 e. The molecule has 2 aromatic rings. The van der Waals surface area contributed by atoms with E-state index < -0.39 is 5.92 Å². The summed E-state index contributed by atoms with van der Waals surface area (Å²) in [4.78, 5) is 10.0. The minimum atomic E-state index is -2.74. The number of hydrogen-bond acceptors (Lipinski definition) is 6. The number of anilines is 1. The number of likely N-dealkylation sites (tertiary alicyclic amines) is 1. The second-order valence-corrected chi connectivity index (χ2v) is 6.82. The van der Waals surface area contributed by atoms with Crippen molar-refractivity contribution in [3.63, 3.8) is 0 Å². The number of rotatable bonds is 7. The third-order valence-electron chi connectivity index (χ3n) is 4.64. The van der Waals surface area contributed by atoms with Crippen LogP contribution >= 0.6 is 0 Å². The van der Waals surface area contributed by atoms with Crippen molar-refractivity contribution in [3.05, 3.63) is 54.0 Å². The third-order valence-corrected chi connectivity index (χ3v) is 4.64. The standard InChI is InChI=1S/C19H24F2N6.C2H6/c20-19(21,10-15-4-2-1-3-5-15)13-27-8-6-17(7-9-27)26-18-16(12-25-22)11-23-14-24-18;1-2/h1-5,11-12,14,17H,6-10,13,22H2,(H,23,24,26);1-2H3/b25-12-;. The van der Waals surface area contributed by atoms with Gasteiger partial charge in [0.2, 0.25) is 0 Å². The molecule has 29 heavy (non-hydrogen) atoms. The number of aromatic nitrogens is 2. The first-order valence-electron chi connectivity index (χ1n) is 10.00. The number of hydrogen-bond donors (Lipinski definition) is 2. The Labute approximate surface area is 171 Å². The molecule has 0 radical (unpaired) electrons. The van der Waals surface area contributed by atoms with E-state index in [0.29, 0.717) is 30.0 Å². The van der Waals surface area contributed by atoms with Crippen LogP contribution < -0.4 is 11.2 Å². The van der Waals surface area contributed by atoms with Gasteiger partial charge in [0.15, 0.2) is 0 Å². The number of benzene rings is 1. The lowest BCUT2D eigenvalue weighted by molar-refractivity contribution is -0.0358. The maximum atomic E-state index is 14.4. The quantitative estimate of drug-likeness (QED) is 0.419. The molecule has 3 rings (SSSR count). The molecule has 2 heterocycles. The smallest absolute Gasteiger partial charge is 0.264 e. The molecule has 0 spiro atoms. The second kappa shape index (κ2) is 11.4. The van der Waals surface area contributed by atoms with Gasteiger partial charge in [0.1, 0.15) is 12.1 Å². The summed E-state index contributed by atoms with van der Waals surface area (Å²) >= 11 is 0. The Balaban J connectivity index is 0.00000145. The van der Waals surface area contributed by atoms with Crippen LogP contribution in [0.25, 0.3) is 0 Å². The first-order valence-corrected chi connectivity index (χ1v) is 10.00. The molecule has 1 saturated heterocycles. The van der Waals surface area contributed by atoms with E-state index in [-0.39, 0.29) is 19.0 Å². The van der Waals surface area contributed by atoms with Gasteiger partial charge in [-0.1, -0.05) is 44.2 Å². The molecule has 0 bridgehead atoms. The summed E-state index contributed by atoms with van der Waals surface area (Å²) in [6, 6.07) is 9.08. The fraction of sp³-hybridized carbons (Fsp3) is 0.476. The predicted octanol–water partition coefficient (Wildman–Crippen LogP) is 3.55. The SMILES string of the molecule is CC.N/N=C\c1cncnc1NC1CCN(CC(F)(F)Cc2ccccc2)CC1. The number of nitrogens with one attached hydrogen (secondary N) is 1. The number of piperidine rings is 1. The van der Waals surface area contributed by atoms with E-state index in [0.717, 1.165) is 12.8 Å². The number of alkyl halides is 2. The Kier molecular flexibility index (Phi) is 8.92. The lowest BCUT2D eigenvalue weighted by Gasteiger charge is -2.34. The maximum absolute atomic E-state index is 14.4. The monoisotopic (exact) mass is 404 g/mol. The zero-order chi connectivity index (χ0) is 21.1. The van der Waals surface area contributed by atoms with Gasteiger partial charge < -0.3 is 11.2 Å². The zero-order valence-electron chi connectivity index (χ0n) is 17.1. The van der Waals surface area contributed by atoms with Gasteiger partial charge in [-0.25, -0.2) is 18.7 Å². The highest BCUT2D eigenvalue weighted by molar-refractivity contribution is 5.85. The highest BCUT2D eigenvalue weighted by atomic mass is 19.3. The molecule has 0 aliphatic carbocycles. The van der Waals surface area contributed by atoms with E-state index in [2.05, 4.69) is 20.4 Å². The van der Waals surface area contributed by atoms with Gasteiger partial charge in [0, 0.05) is 31.7 Å². The number of nitrogens with zero attached hydrogens (tertiary/aromatic N) is 4. The third kappa shape index (κ3) is 7.38. The minimum absolute atomic E-state index is 0.170. The molecule has 1 aromatic heterocycles. The van der Waals surface area contributed by atoms with Gasteiger partial charge in [-0.2, -0.15) is 5.10 Å². The molecule has 1 aliphatic rings. The first kappa shape index (κ1) is 22.7. The van der Waals surface area contributed by atoms with Crippen molar-refractivity contribution in [1.82, 2.24) is 14.9 Å². The highest BCUT2D eigenvalue weighted by Crippen LogP contribution is 2.24. The molecule has 0 amide bonds. The van der Waals surface area contributed by atoms with Crippen LogP contribution in [0.1, 0.15) is 37.8 Å². The van der Waals surface area contributed by atoms with Crippen LogP contribution in [0.2, 0.25) is 0 Å². The fourth-order valence-corrected chi connectivity index (χ4v) is 3.34. The van der Waals surface area contributed by atoms with Crippen LogP contribution in [-0.4, -0.2) is 52.7 Å². The Morgan fingerprint density at radius 1 is 1.24 bits per heavy atom. The summed E-state index contributed by atoms with van der Waals surface area (Å²) < 4.78 is 28.8. The topological polar surface area (TPSA) is 79.4 Å². The average Bonchev–Trinajstić information content (AvgIpc) is 2.73. The first-order chi connectivity index (χ1) is 14.1. The molecule has 0 unspecified atom stereocenters. The van der Waals surface area contributed by atoms with Gasteiger partial charge >= 0.3 is 0 Å². The Bertz CT molecular complexity index is 746. The van der Waals surface area contributed by atoms with Crippen LogP contribution in [0.4, 0.5) is 14.6 Å². The lowest BCUT2D eigenvalue weighted by atomic mass is 10.0. The van der Waals surface area contributed by atoms with E-state index in [4.69, 9.17) is 5.84 Å². The van der Waals surface area contributed by atoms with Crippen LogP contribution in [0, 0.1) is 0 Å². The molecule has 6 nitrogen and oxygen atoms in total. The molecular weight excluding hydrogens is 374 g/mol. The van der Waals surface area contributed by atoms with Crippen molar-refractivity contribution in [1.29, 1.82) is 0 Å². The van der Waals surface area contributed by atoms with E-state index in [9.17, 15) is 8.78 Å². The van der Waals surface area contributed by atoms with Gasteiger partial charge in [0.25, 0.3) is 5.92 Å². The molecule has 0 atom stereocenters. The molecule has 158 valence electrons. The van der Waals surface area contributed by atoms with E-state index >= 15 is 0 Å². The van der Waals surface area contributed by atoms with Crippen molar-refractivity contribution >= 4 is 12.0 Å². The summed E-state index contributed by atoms with van der Waals surface area (Å²) in [5, 5.41) is 6.86. The van der Waals surface area contributed by atoms with Gasteiger partial charge in [-0.15, -0.1) is 0 Å². The van der Waals surface area contributed by atoms with Crippen LogP contribution in [0.15, 0.2) is 48.0 Å². The molecule has 1 aromatic carbocycles. The zero-order valence-corrected chi connectivity index (χ0v) is 17.1. The normalized spacial score (nSPS) is 15.7. The second-order valence-electron chi connectivity index (χ2n) is 6.82. The summed E-state index contributed by atoms with van der Waals surface area (Å²) in [7, 11) is 0. The molecule has 1 aliphatic heterocycles. The summed E-state index contributed by atoms with van der Waals surface area (Å²) in [5.74, 6) is 3.13. The maximum Gasteiger partial charge on any atom is 0.264 e. The summed E-state index contributed by atoms with van der Waals surface area (Å²) in [6.45, 7) is 5.02. The van der Waals surface area contributed by atoms with Crippen molar-refractivity contribution < 1.29 is 8.78 Å². The number of nitrogens with two attached hydrogens (primary N) is 1. The van der Waals surface area contributed by atoms with Crippen molar-refractivity contribution in [2.45, 2.75) is 45.1 Å². The van der Waals surface area contributed by atoms with E-state index in [1.807, 2.05) is 24.8 Å². The van der Waals surface area contributed by atoms with Crippen molar-refractivity contribution in [2.75, 3.05) is 25.0 Å². The van der Waals surface area contributed by atoms with Crippen LogP contribution in [0.3, 0.4) is 0 Å². The summed E-state index contributed by atoms with van der Waals surface area (Å²) in [5.41, 5.74) is 1.37. The van der Waals surface area contributed by atoms with Crippen molar-refractivity contribution in [2.24, 2.45) is 10.9 Å². The molecule has 3 N–H and O–H groups in total. The van der Waals surface area contributed by atoms with E-state index in [1.165, 1.54) is 12.5 Å². The molecule has 1 fully saturated rings. The average molecular weight is 405 g/mol. The van der Waals surface area contributed by atoms with E-state index in [1.54, 1.807) is 30.5 Å². The summed E-state index contributed by atoms with van der Waals surface area (Å²) in [6.07, 6.45) is 5.88. The van der Waals surface area contributed by atoms with Gasteiger partial charge in [0.05, 0.1) is 18.3 Å². The number of hydrazone groups is 1. The molecule has 8 heteroatoms. The van der Waals surface area contributed by atoms with Crippen LogP contribution in [0.5, 0.6) is 0 Å². The van der Waals surface area contributed by atoms with Gasteiger partial charge in [-0.05, 0) is 18.4 Å². The predicted molar refractivity (Wildman–Crippen MR) is 113 cm³/mol. The van der Waals surface area contributed by atoms with Crippen molar-refractivity contribution in [3.8, 4) is 0 Å². The minimum Gasteiger partial charge on any atom is -0.367 e. The van der Waals surface area contributed by atoms with Crippen LogP contribution in [-0.2, 0) is 6.42 Å². The Morgan fingerprint density at radius 2 is 1.93 bits per heavy atom. The number of halogens is 2. The highest BCUT2D eigenvalue weighted by Gasteiger charge is 2.33.